The van der Waals surface area contributed by atoms with Gasteiger partial charge in [-0.15, -0.1) is 11.3 Å². The summed E-state index contributed by atoms with van der Waals surface area (Å²) in [6, 6.07) is 9.90. The number of nitrogens with two attached hydrogens (primary N) is 1. The Morgan fingerprint density at radius 3 is 2.88 bits per heavy atom. The highest BCUT2D eigenvalue weighted by Crippen LogP contribution is 2.27. The minimum absolute atomic E-state index is 0.746. The second-order valence-electron chi connectivity index (χ2n) is 3.84. The highest BCUT2D eigenvalue weighted by Gasteiger charge is 2.06. The zero-order valence-corrected chi connectivity index (χ0v) is 9.95. The van der Waals surface area contributed by atoms with Gasteiger partial charge in [0.25, 0.3) is 0 Å². The topological polar surface area (TPSA) is 51.8 Å². The lowest BCUT2D eigenvalue weighted by molar-refractivity contribution is 1.12. The molecule has 0 unspecified atom stereocenters. The number of hydrogen-bond acceptors (Lipinski definition) is 4. The summed E-state index contributed by atoms with van der Waals surface area (Å²) in [5.41, 5.74) is 8.73. The van der Waals surface area contributed by atoms with Crippen LogP contribution in [-0.4, -0.2) is 9.97 Å². The Morgan fingerprint density at radius 2 is 2.12 bits per heavy atom. The van der Waals surface area contributed by atoms with Crippen LogP contribution in [0.5, 0.6) is 0 Å². The Balaban J connectivity index is 1.99. The van der Waals surface area contributed by atoms with Crippen LogP contribution in [0.25, 0.3) is 10.2 Å². The summed E-state index contributed by atoms with van der Waals surface area (Å²) in [6.07, 6.45) is 4.46. The van der Waals surface area contributed by atoms with Crippen molar-refractivity contribution in [2.24, 2.45) is 0 Å². The normalized spacial score (nSPS) is 10.8. The average molecular weight is 241 g/mol. The Hall–Kier alpha value is -1.94. The summed E-state index contributed by atoms with van der Waals surface area (Å²) in [5, 5.41) is 1.07. The van der Waals surface area contributed by atoms with Crippen LogP contribution in [0.4, 0.5) is 5.69 Å². The molecule has 3 aromatic rings. The number of rotatable bonds is 2. The first-order valence-electron chi connectivity index (χ1n) is 5.36. The number of para-hydroxylation sites is 1. The third-order valence-corrected chi connectivity index (χ3v) is 3.59. The van der Waals surface area contributed by atoms with Crippen molar-refractivity contribution in [3.05, 3.63) is 53.3 Å². The summed E-state index contributed by atoms with van der Waals surface area (Å²) in [7, 11) is 0. The molecule has 1 aromatic carbocycles. The van der Waals surface area contributed by atoms with Gasteiger partial charge in [0, 0.05) is 18.8 Å². The molecule has 0 aliphatic rings. The smallest absolute Gasteiger partial charge is 0.104 e. The molecule has 17 heavy (non-hydrogen) atoms. The zero-order chi connectivity index (χ0) is 11.7. The number of anilines is 1. The van der Waals surface area contributed by atoms with Gasteiger partial charge in [-0.05, 0) is 23.8 Å². The first-order valence-corrected chi connectivity index (χ1v) is 6.17. The largest absolute Gasteiger partial charge is 0.397 e. The minimum Gasteiger partial charge on any atom is -0.397 e. The van der Waals surface area contributed by atoms with Crippen molar-refractivity contribution in [3.8, 4) is 0 Å². The molecule has 84 valence electrons. The number of aromatic nitrogens is 2. The Bertz CT molecular complexity index is 646. The van der Waals surface area contributed by atoms with Crippen molar-refractivity contribution in [2.75, 3.05) is 5.73 Å². The van der Waals surface area contributed by atoms with Crippen LogP contribution in [-0.2, 0) is 6.42 Å². The van der Waals surface area contributed by atoms with Crippen LogP contribution in [0, 0.1) is 0 Å². The lowest BCUT2D eigenvalue weighted by atomic mass is 10.2. The highest BCUT2D eigenvalue weighted by molar-refractivity contribution is 7.18. The first-order chi connectivity index (χ1) is 8.33. The van der Waals surface area contributed by atoms with Crippen LogP contribution >= 0.6 is 11.3 Å². The Morgan fingerprint density at radius 1 is 1.18 bits per heavy atom. The lowest BCUT2D eigenvalue weighted by Crippen LogP contribution is -1.88. The predicted octanol–water partition coefficient (Wildman–Crippen LogP) is 2.86. The van der Waals surface area contributed by atoms with Crippen LogP contribution < -0.4 is 5.73 Å². The van der Waals surface area contributed by atoms with Crippen molar-refractivity contribution in [1.82, 2.24) is 9.97 Å². The van der Waals surface area contributed by atoms with Crippen molar-refractivity contribution < 1.29 is 0 Å². The van der Waals surface area contributed by atoms with Gasteiger partial charge in [-0.2, -0.15) is 0 Å². The summed E-state index contributed by atoms with van der Waals surface area (Å²) in [4.78, 5) is 8.68. The fourth-order valence-electron chi connectivity index (χ4n) is 1.77. The summed E-state index contributed by atoms with van der Waals surface area (Å²) < 4.78 is 1.14. The van der Waals surface area contributed by atoms with E-state index in [9.17, 15) is 0 Å². The molecule has 0 fully saturated rings. The maximum atomic E-state index is 5.89. The third kappa shape index (κ3) is 1.99. The second kappa shape index (κ2) is 4.14. The van der Waals surface area contributed by atoms with Gasteiger partial charge >= 0.3 is 0 Å². The quantitative estimate of drug-likeness (QED) is 0.702. The van der Waals surface area contributed by atoms with E-state index >= 15 is 0 Å². The first kappa shape index (κ1) is 10.2. The maximum absolute atomic E-state index is 5.89. The molecule has 0 saturated carbocycles. The monoisotopic (exact) mass is 241 g/mol. The standard InChI is InChI=1S/C13H11N3S/c14-10-4-1-5-11-13(10)16-12(17-11)7-9-3-2-6-15-8-9/h1-6,8H,7,14H2. The third-order valence-electron chi connectivity index (χ3n) is 2.57. The summed E-state index contributed by atoms with van der Waals surface area (Å²) >= 11 is 1.69. The number of thiazole rings is 1. The van der Waals surface area contributed by atoms with E-state index in [1.807, 2.05) is 24.4 Å². The number of benzene rings is 1. The lowest BCUT2D eigenvalue weighted by Gasteiger charge is -1.95. The van der Waals surface area contributed by atoms with E-state index in [-0.39, 0.29) is 0 Å². The molecule has 3 rings (SSSR count). The molecule has 0 atom stereocenters. The number of nitrogens with zero attached hydrogens (tertiary/aromatic N) is 2. The summed E-state index contributed by atoms with van der Waals surface area (Å²) in [6.45, 7) is 0. The molecule has 4 heteroatoms. The fourth-order valence-corrected chi connectivity index (χ4v) is 2.81. The molecule has 2 heterocycles. The molecular formula is C13H11N3S. The van der Waals surface area contributed by atoms with Crippen molar-refractivity contribution in [1.29, 1.82) is 0 Å². The number of nitrogen functional groups attached to an aromatic ring is 1. The van der Waals surface area contributed by atoms with Gasteiger partial charge < -0.3 is 5.73 Å². The highest BCUT2D eigenvalue weighted by atomic mass is 32.1. The molecule has 0 radical (unpaired) electrons. The molecule has 0 spiro atoms. The number of hydrogen-bond donors (Lipinski definition) is 1. The fraction of sp³-hybridized carbons (Fsp3) is 0.0769. The molecule has 0 aliphatic heterocycles. The Kier molecular flexibility index (Phi) is 2.49. The van der Waals surface area contributed by atoms with Crippen LogP contribution in [0.2, 0.25) is 0 Å². The molecular weight excluding hydrogens is 230 g/mol. The molecule has 0 amide bonds. The molecule has 0 bridgehead atoms. The van der Waals surface area contributed by atoms with Crippen LogP contribution in [0.1, 0.15) is 10.6 Å². The van der Waals surface area contributed by atoms with E-state index in [4.69, 9.17) is 5.73 Å². The second-order valence-corrected chi connectivity index (χ2v) is 4.95. The van der Waals surface area contributed by atoms with E-state index < -0.39 is 0 Å². The van der Waals surface area contributed by atoms with E-state index in [1.165, 1.54) is 5.56 Å². The van der Waals surface area contributed by atoms with Gasteiger partial charge in [-0.25, -0.2) is 4.98 Å². The molecule has 3 nitrogen and oxygen atoms in total. The van der Waals surface area contributed by atoms with Gasteiger partial charge in [-0.3, -0.25) is 4.98 Å². The van der Waals surface area contributed by atoms with Gasteiger partial charge in [-0.1, -0.05) is 12.1 Å². The molecule has 0 aliphatic carbocycles. The van der Waals surface area contributed by atoms with Gasteiger partial charge in [0.15, 0.2) is 0 Å². The van der Waals surface area contributed by atoms with Gasteiger partial charge in [0.2, 0.25) is 0 Å². The van der Waals surface area contributed by atoms with E-state index in [1.54, 1.807) is 17.5 Å². The van der Waals surface area contributed by atoms with Crippen LogP contribution in [0.15, 0.2) is 42.7 Å². The van der Waals surface area contributed by atoms with Gasteiger partial charge in [0.1, 0.15) is 5.52 Å². The van der Waals surface area contributed by atoms with E-state index in [2.05, 4.69) is 22.1 Å². The van der Waals surface area contributed by atoms with Crippen molar-refractivity contribution in [3.63, 3.8) is 0 Å². The van der Waals surface area contributed by atoms with Crippen molar-refractivity contribution in [2.45, 2.75) is 6.42 Å². The van der Waals surface area contributed by atoms with Crippen LogP contribution in [0.3, 0.4) is 0 Å². The van der Waals surface area contributed by atoms with E-state index in [0.29, 0.717) is 0 Å². The predicted molar refractivity (Wildman–Crippen MR) is 71.1 cm³/mol. The molecule has 2 aromatic heterocycles. The number of pyridine rings is 1. The summed E-state index contributed by atoms with van der Waals surface area (Å²) in [5.74, 6) is 0. The Labute approximate surface area is 103 Å². The molecule has 0 saturated heterocycles. The van der Waals surface area contributed by atoms with Crippen molar-refractivity contribution >= 4 is 27.2 Å². The van der Waals surface area contributed by atoms with Gasteiger partial charge in [0.05, 0.1) is 15.4 Å². The average Bonchev–Trinajstić information content (AvgIpc) is 2.74. The van der Waals surface area contributed by atoms with E-state index in [0.717, 1.165) is 27.3 Å². The SMILES string of the molecule is Nc1cccc2sc(Cc3cccnc3)nc12. The maximum Gasteiger partial charge on any atom is 0.104 e. The number of fused-ring (bicyclic) bond motifs is 1. The zero-order valence-electron chi connectivity index (χ0n) is 9.13. The molecule has 2 N–H and O–H groups in total. The minimum atomic E-state index is 0.746.